The van der Waals surface area contributed by atoms with Crippen LogP contribution < -0.4 is 19.6 Å². The van der Waals surface area contributed by atoms with Crippen molar-refractivity contribution in [2.45, 2.75) is 135 Å². The van der Waals surface area contributed by atoms with Crippen molar-refractivity contribution < 1.29 is 54.9 Å². The zero-order valence-electron chi connectivity index (χ0n) is 80.4. The van der Waals surface area contributed by atoms with Crippen molar-refractivity contribution in [1.29, 1.82) is 0 Å². The first-order valence-electron chi connectivity index (χ1n) is 45.9. The van der Waals surface area contributed by atoms with Gasteiger partial charge in [0.15, 0.2) is 0 Å². The predicted molar refractivity (Wildman–Crippen MR) is 574 cm³/mol. The van der Waals surface area contributed by atoms with Crippen LogP contribution in [0.2, 0.25) is 0 Å². The van der Waals surface area contributed by atoms with E-state index < -0.39 is 0 Å². The molecule has 0 unspecified atom stereocenters. The van der Waals surface area contributed by atoms with E-state index in [-0.39, 0.29) is 0 Å². The molecule has 0 fully saturated rings. The third kappa shape index (κ3) is 22.7. The van der Waals surface area contributed by atoms with Gasteiger partial charge in [-0.15, -0.1) is 45.3 Å². The molecule has 0 aliphatic heterocycles. The molecule has 0 bridgehead atoms. The maximum Gasteiger partial charge on any atom is 0.0462 e. The van der Waals surface area contributed by atoms with Gasteiger partial charge in [-0.05, 0) is 382 Å². The topological polar surface area (TPSA) is 13.0 Å². The van der Waals surface area contributed by atoms with Crippen molar-refractivity contribution >= 4 is 156 Å². The molecule has 4 heterocycles. The summed E-state index contributed by atoms with van der Waals surface area (Å²) < 4.78 is 98.7. The number of fused-ring (bicyclic) bond motifs is 2. The molecule has 0 saturated heterocycles. The summed E-state index contributed by atoms with van der Waals surface area (Å²) >= 11 is 7.79. The van der Waals surface area contributed by atoms with Crippen LogP contribution in [0.25, 0.3) is 85.6 Å². The van der Waals surface area contributed by atoms with Crippen LogP contribution in [0.4, 0.5) is 123 Å². The molecule has 18 aromatic rings. The standard InChI is InChI=1S/C63H54N2S2.C57H54N2S2.6F2/c1-40-10-24-50(25-11-40)64(51-26-12-41(2)13-27-51)54-32-18-46(19-33-54)48-22-36-58-60(38-48)66-44(5)62(58)56-8-7-9-57(56)63-45(6)67-61-39-49(23-37-59(61)63)47-20-34-55(35-21-47)65(52-28-14-42(3)15-29-52)53-30-16-43(4)17-31-53;1-36-12-24-46(25-13-36)58(47-26-14-37(2)15-27-47)50-32-20-44(21-33-50)56-40(5)54(42(7)60-56)52-10-9-11-53(52)55-41(6)57(61-43(55)8)45-22-34-51(35-23-45)59(48-28-16-38(3)17-29-48)49-30-18-39(4)19-31-49;6*1-2/h10-39H,7-9H2,1-6H3;12-35H,9-11H2,1-8H3;;;;;;. The molecule has 0 radical (unpaired) electrons. The van der Waals surface area contributed by atoms with Gasteiger partial charge in [-0.3, -0.25) is 0 Å². The molecule has 20 heteroatoms. The second kappa shape index (κ2) is 48.2. The summed E-state index contributed by atoms with van der Waals surface area (Å²) in [5.74, 6) is 0. The van der Waals surface area contributed by atoms with Gasteiger partial charge in [0, 0.05) is 173 Å². The quantitative estimate of drug-likeness (QED) is 0.0705. The van der Waals surface area contributed by atoms with E-state index >= 15 is 0 Å². The van der Waals surface area contributed by atoms with Gasteiger partial charge in [-0.2, -0.15) is 0 Å². The van der Waals surface area contributed by atoms with Gasteiger partial charge in [-0.25, -0.2) is 0 Å². The fourth-order valence-electron chi connectivity index (χ4n) is 19.4. The number of anilines is 12. The molecular weight excluding hydrogens is 1850 g/mol. The minimum Gasteiger partial charge on any atom is -0.311 e. The SMILES string of the molecule is Cc1ccc(N(c2ccc(C)cc2)c2ccc(-c3ccc4c(C5=C(c6c(C)sc7cc(-c8ccc(N(c9ccc(C)cc9)c9ccc(C)cc9)cc8)ccc67)CCC5)c(C)sc4c3)cc2)cc1.Cc1ccc(N(c2ccc(C)cc2)c2ccc(-c3sc(C)c(C4=C(c5c(C)sc(-c6ccc(N(c7ccc(C)cc7)c7ccc(C)cc7)cc6)c5C)CCC4)c3C)cc2)cc1.FF.FF.FF.FF.FF.FF. The Hall–Kier alpha value is -13.8. The van der Waals surface area contributed by atoms with Gasteiger partial charge in [0.2, 0.25) is 0 Å². The summed E-state index contributed by atoms with van der Waals surface area (Å²) in [6.45, 7) is 31.2. The van der Waals surface area contributed by atoms with Crippen molar-refractivity contribution in [3.8, 4) is 43.1 Å². The first-order valence-corrected chi connectivity index (χ1v) is 49.2. The Morgan fingerprint density at radius 3 is 0.543 bits per heavy atom. The molecule has 0 atom stereocenters. The minimum atomic E-state index is 1.12. The van der Waals surface area contributed by atoms with Crippen molar-refractivity contribution in [3.63, 3.8) is 0 Å². The third-order valence-corrected chi connectivity index (χ3v) is 30.7. The summed E-state index contributed by atoms with van der Waals surface area (Å²) in [7, 11) is 0. The highest BCUT2D eigenvalue weighted by molar-refractivity contribution is 7.20. The lowest BCUT2D eigenvalue weighted by Crippen LogP contribution is -2.09. The molecule has 2 aliphatic carbocycles. The monoisotopic (exact) mass is 1960 g/mol. The number of hydrogen-bond donors (Lipinski definition) is 0. The lowest BCUT2D eigenvalue weighted by atomic mass is 9.91. The largest absolute Gasteiger partial charge is 0.311 e. The summed E-state index contributed by atoms with van der Waals surface area (Å²) in [5, 5.41) is 2.77. The number of hydrogen-bond acceptors (Lipinski definition) is 8. The minimum absolute atomic E-state index is 1.12. The van der Waals surface area contributed by atoms with Crippen molar-refractivity contribution in [3.05, 3.63) is 425 Å². The molecule has 14 aromatic carbocycles. The highest BCUT2D eigenvalue weighted by Crippen LogP contribution is 2.54. The highest BCUT2D eigenvalue weighted by atomic mass is 32.1. The molecule has 0 saturated carbocycles. The number of nitrogens with zero attached hydrogens (tertiary/aromatic N) is 4. The number of thiophene rings is 4. The maximum atomic E-state index is 8.00. The Labute approximate surface area is 828 Å². The molecule has 716 valence electrons. The van der Waals surface area contributed by atoms with Crippen LogP contribution in [-0.4, -0.2) is 0 Å². The molecule has 4 nitrogen and oxygen atoms in total. The fraction of sp³-hybridized carbons (Fsp3) is 0.167. The van der Waals surface area contributed by atoms with E-state index in [9.17, 15) is 0 Å². The van der Waals surface area contributed by atoms with E-state index in [1.807, 2.05) is 45.3 Å². The van der Waals surface area contributed by atoms with E-state index in [0.717, 1.165) is 93.9 Å². The van der Waals surface area contributed by atoms with E-state index in [4.69, 9.17) is 54.9 Å². The van der Waals surface area contributed by atoms with Crippen LogP contribution in [0.15, 0.2) is 328 Å². The predicted octanol–water partition coefficient (Wildman–Crippen LogP) is 42.0. The Morgan fingerprint density at radius 1 is 0.179 bits per heavy atom. The fourth-order valence-corrected chi connectivity index (χ4v) is 24.0. The van der Waals surface area contributed by atoms with Crippen LogP contribution in [0.5, 0.6) is 0 Å². The Balaban J connectivity index is 0.000000214. The van der Waals surface area contributed by atoms with E-state index in [0.29, 0.717) is 0 Å². The number of allylic oxidation sites excluding steroid dienone is 4. The van der Waals surface area contributed by atoms with Gasteiger partial charge < -0.3 is 19.6 Å². The number of halogens is 12. The molecular formula is C120H108F12N4S4. The molecule has 0 spiro atoms. The van der Waals surface area contributed by atoms with Crippen LogP contribution >= 0.6 is 45.3 Å². The molecule has 0 N–H and O–H groups in total. The first-order chi connectivity index (χ1) is 68.2. The van der Waals surface area contributed by atoms with Gasteiger partial charge in [0.05, 0.1) is 0 Å². The summed E-state index contributed by atoms with van der Waals surface area (Å²) in [6.07, 6.45) is 6.88. The lowest BCUT2D eigenvalue weighted by molar-refractivity contribution is 0.108. The average Bonchev–Trinajstić information content (AvgIpc) is 1.58. The third-order valence-electron chi connectivity index (χ3n) is 26.1. The zero-order chi connectivity index (χ0) is 100. The van der Waals surface area contributed by atoms with E-state index in [1.165, 1.54) is 174 Å². The van der Waals surface area contributed by atoms with E-state index in [2.05, 4.69) is 444 Å². The van der Waals surface area contributed by atoms with Gasteiger partial charge >= 0.3 is 0 Å². The maximum absolute atomic E-state index is 8.00. The van der Waals surface area contributed by atoms with Crippen LogP contribution in [-0.2, 0) is 0 Å². The van der Waals surface area contributed by atoms with Crippen molar-refractivity contribution in [2.24, 2.45) is 0 Å². The average molecular weight is 1960 g/mol. The number of benzene rings is 14. The van der Waals surface area contributed by atoms with Crippen LogP contribution in [0.1, 0.15) is 136 Å². The first kappa shape index (κ1) is 104. The second-order valence-corrected chi connectivity index (χ2v) is 40.3. The number of rotatable bonds is 20. The molecule has 0 amide bonds. The van der Waals surface area contributed by atoms with Crippen molar-refractivity contribution in [1.82, 2.24) is 0 Å². The molecule has 20 rings (SSSR count). The Morgan fingerprint density at radius 2 is 0.343 bits per heavy atom. The van der Waals surface area contributed by atoms with Crippen molar-refractivity contribution in [2.75, 3.05) is 19.6 Å². The lowest BCUT2D eigenvalue weighted by Gasteiger charge is -2.26. The number of aryl methyl sites for hydroxylation is 12. The van der Waals surface area contributed by atoms with Crippen LogP contribution in [0, 0.1) is 96.9 Å². The normalized spacial score (nSPS) is 11.8. The smallest absolute Gasteiger partial charge is 0.0462 e. The van der Waals surface area contributed by atoms with E-state index in [1.54, 1.807) is 22.3 Å². The summed E-state index contributed by atoms with van der Waals surface area (Å²) in [4.78, 5) is 17.8. The van der Waals surface area contributed by atoms with Crippen LogP contribution in [0.3, 0.4) is 0 Å². The Bertz CT molecular complexity index is 6610. The molecule has 4 aromatic heterocycles. The Kier molecular flexibility index (Phi) is 35.7. The van der Waals surface area contributed by atoms with Gasteiger partial charge in [0.25, 0.3) is 0 Å². The highest BCUT2D eigenvalue weighted by Gasteiger charge is 2.31. The second-order valence-electron chi connectivity index (χ2n) is 35.3. The molecule has 140 heavy (non-hydrogen) atoms. The zero-order valence-corrected chi connectivity index (χ0v) is 83.6. The van der Waals surface area contributed by atoms with Gasteiger partial charge in [-0.1, -0.05) is 214 Å². The summed E-state index contributed by atoms with van der Waals surface area (Å²) in [6, 6.07) is 121. The molecule has 2 aliphatic rings. The van der Waals surface area contributed by atoms with Gasteiger partial charge in [0.1, 0.15) is 0 Å². The summed E-state index contributed by atoms with van der Waals surface area (Å²) in [5.41, 5.74) is 46.4.